The molecule has 0 aliphatic rings. The van der Waals surface area contributed by atoms with Crippen LogP contribution in [0.15, 0.2) is 46.6 Å². The number of methoxy groups -OCH3 is 2. The summed E-state index contributed by atoms with van der Waals surface area (Å²) in [4.78, 5) is 28.3. The number of ether oxygens (including phenoxy) is 2. The number of anilines is 1. The number of furan rings is 1. The zero-order valence-corrected chi connectivity index (χ0v) is 16.2. The van der Waals surface area contributed by atoms with Crippen molar-refractivity contribution in [2.24, 2.45) is 0 Å². The molecular weight excluding hydrogens is 382 g/mol. The van der Waals surface area contributed by atoms with Gasteiger partial charge in [0, 0.05) is 23.9 Å². The molecule has 3 aromatic rings. The van der Waals surface area contributed by atoms with Crippen LogP contribution in [-0.2, 0) is 4.79 Å². The normalized spacial score (nSPS) is 10.4. The van der Waals surface area contributed by atoms with Crippen LogP contribution in [0.25, 0.3) is 11.3 Å². The van der Waals surface area contributed by atoms with Crippen LogP contribution in [0.5, 0.6) is 11.5 Å². The SMILES string of the molecule is COc1ccc(-c2csc(NC(=O)CCNC(=O)c3ccoc3)n2)cc1OC. The molecule has 0 aliphatic heterocycles. The maximum absolute atomic E-state index is 12.1. The van der Waals surface area contributed by atoms with Gasteiger partial charge in [-0.15, -0.1) is 11.3 Å². The van der Waals surface area contributed by atoms with E-state index in [1.165, 1.54) is 23.9 Å². The largest absolute Gasteiger partial charge is 0.493 e. The first-order chi connectivity index (χ1) is 13.6. The Kier molecular flexibility index (Phi) is 6.28. The molecule has 28 heavy (non-hydrogen) atoms. The number of aromatic nitrogens is 1. The Labute approximate surface area is 165 Å². The van der Waals surface area contributed by atoms with Crippen LogP contribution in [0.1, 0.15) is 16.8 Å². The van der Waals surface area contributed by atoms with Gasteiger partial charge in [0.05, 0.1) is 31.7 Å². The van der Waals surface area contributed by atoms with Gasteiger partial charge in [-0.1, -0.05) is 0 Å². The fourth-order valence-corrected chi connectivity index (χ4v) is 3.16. The second-order valence-electron chi connectivity index (χ2n) is 5.67. The van der Waals surface area contributed by atoms with E-state index in [0.717, 1.165) is 11.3 Å². The lowest BCUT2D eigenvalue weighted by molar-refractivity contribution is -0.116. The van der Waals surface area contributed by atoms with Crippen molar-refractivity contribution < 1.29 is 23.5 Å². The van der Waals surface area contributed by atoms with Crippen LogP contribution < -0.4 is 20.1 Å². The number of benzene rings is 1. The van der Waals surface area contributed by atoms with E-state index in [2.05, 4.69) is 15.6 Å². The van der Waals surface area contributed by atoms with Gasteiger partial charge in [-0.25, -0.2) is 4.98 Å². The average molecular weight is 401 g/mol. The number of hydrogen-bond acceptors (Lipinski definition) is 7. The molecule has 1 aromatic carbocycles. The maximum atomic E-state index is 12.1. The maximum Gasteiger partial charge on any atom is 0.254 e. The van der Waals surface area contributed by atoms with Crippen molar-refractivity contribution in [1.29, 1.82) is 0 Å². The highest BCUT2D eigenvalue weighted by Gasteiger charge is 2.12. The van der Waals surface area contributed by atoms with E-state index in [-0.39, 0.29) is 24.8 Å². The third kappa shape index (κ3) is 4.68. The van der Waals surface area contributed by atoms with Crippen molar-refractivity contribution in [1.82, 2.24) is 10.3 Å². The number of nitrogens with one attached hydrogen (secondary N) is 2. The number of carbonyl (C=O) groups is 2. The van der Waals surface area contributed by atoms with Gasteiger partial charge >= 0.3 is 0 Å². The summed E-state index contributed by atoms with van der Waals surface area (Å²) in [5, 5.41) is 7.72. The molecule has 0 unspecified atom stereocenters. The Bertz CT molecular complexity index is 952. The van der Waals surface area contributed by atoms with E-state index in [1.54, 1.807) is 26.4 Å². The van der Waals surface area contributed by atoms with Gasteiger partial charge in [-0.3, -0.25) is 9.59 Å². The van der Waals surface area contributed by atoms with E-state index < -0.39 is 0 Å². The summed E-state index contributed by atoms with van der Waals surface area (Å²) in [6.07, 6.45) is 2.90. The lowest BCUT2D eigenvalue weighted by Gasteiger charge is -2.08. The number of nitrogens with zero attached hydrogens (tertiary/aromatic N) is 1. The molecule has 2 N–H and O–H groups in total. The topological polar surface area (TPSA) is 103 Å². The minimum absolute atomic E-state index is 0.134. The van der Waals surface area contributed by atoms with Gasteiger partial charge in [-0.2, -0.15) is 0 Å². The smallest absolute Gasteiger partial charge is 0.254 e. The van der Waals surface area contributed by atoms with Crippen molar-refractivity contribution in [3.05, 3.63) is 47.7 Å². The van der Waals surface area contributed by atoms with E-state index in [0.29, 0.717) is 22.2 Å². The molecule has 2 amide bonds. The second kappa shape index (κ2) is 9.05. The average Bonchev–Trinajstić information content (AvgIpc) is 3.39. The van der Waals surface area contributed by atoms with Gasteiger partial charge in [0.15, 0.2) is 16.6 Å². The zero-order valence-electron chi connectivity index (χ0n) is 15.4. The quantitative estimate of drug-likeness (QED) is 0.601. The van der Waals surface area contributed by atoms with Crippen molar-refractivity contribution in [3.63, 3.8) is 0 Å². The summed E-state index contributed by atoms with van der Waals surface area (Å²) in [6, 6.07) is 7.05. The molecule has 9 heteroatoms. The number of rotatable bonds is 8. The number of carbonyl (C=O) groups excluding carboxylic acids is 2. The molecular formula is C19H19N3O5S. The van der Waals surface area contributed by atoms with Crippen LogP contribution >= 0.6 is 11.3 Å². The monoisotopic (exact) mass is 401 g/mol. The molecule has 8 nitrogen and oxygen atoms in total. The minimum atomic E-state index is -0.286. The van der Waals surface area contributed by atoms with Crippen LogP contribution in [0.4, 0.5) is 5.13 Å². The summed E-state index contributed by atoms with van der Waals surface area (Å²) in [7, 11) is 3.14. The Morgan fingerprint density at radius 2 is 2.00 bits per heavy atom. The summed E-state index contributed by atoms with van der Waals surface area (Å²) < 4.78 is 15.4. The fraction of sp³-hybridized carbons (Fsp3) is 0.211. The standard InChI is InChI=1S/C19H19N3O5S/c1-25-15-4-3-12(9-16(15)26-2)14-11-28-19(21-14)22-17(23)5-7-20-18(24)13-6-8-27-10-13/h3-4,6,8-11H,5,7H2,1-2H3,(H,20,24)(H,21,22,23). The van der Waals surface area contributed by atoms with Crippen molar-refractivity contribution in [2.45, 2.75) is 6.42 Å². The predicted molar refractivity (Wildman–Crippen MR) is 105 cm³/mol. The first-order valence-electron chi connectivity index (χ1n) is 8.39. The highest BCUT2D eigenvalue weighted by molar-refractivity contribution is 7.14. The molecule has 0 radical (unpaired) electrons. The van der Waals surface area contributed by atoms with Crippen LogP contribution in [0.3, 0.4) is 0 Å². The highest BCUT2D eigenvalue weighted by atomic mass is 32.1. The highest BCUT2D eigenvalue weighted by Crippen LogP contribution is 2.33. The molecule has 0 spiro atoms. The Hall–Kier alpha value is -3.33. The number of hydrogen-bond donors (Lipinski definition) is 2. The predicted octanol–water partition coefficient (Wildman–Crippen LogP) is 3.18. The first kappa shape index (κ1) is 19.4. The van der Waals surface area contributed by atoms with Gasteiger partial charge in [0.25, 0.3) is 5.91 Å². The van der Waals surface area contributed by atoms with Crippen molar-refractivity contribution in [3.8, 4) is 22.8 Å². The number of thiazole rings is 1. The Morgan fingerprint density at radius 3 is 2.71 bits per heavy atom. The summed E-state index contributed by atoms with van der Waals surface area (Å²) in [5.41, 5.74) is 1.98. The van der Waals surface area contributed by atoms with Crippen LogP contribution in [0, 0.1) is 0 Å². The molecule has 0 saturated carbocycles. The molecule has 2 heterocycles. The van der Waals surface area contributed by atoms with Gasteiger partial charge in [0.2, 0.25) is 5.91 Å². The molecule has 146 valence electrons. The molecule has 0 saturated heterocycles. The lowest BCUT2D eigenvalue weighted by atomic mass is 10.1. The molecule has 3 rings (SSSR count). The summed E-state index contributed by atoms with van der Waals surface area (Å²) in [6.45, 7) is 0.212. The van der Waals surface area contributed by atoms with Crippen LogP contribution in [-0.4, -0.2) is 37.6 Å². The van der Waals surface area contributed by atoms with Crippen molar-refractivity contribution in [2.75, 3.05) is 26.1 Å². The van der Waals surface area contributed by atoms with Gasteiger partial charge < -0.3 is 24.5 Å². The molecule has 0 bridgehead atoms. The Morgan fingerprint density at radius 1 is 1.18 bits per heavy atom. The van der Waals surface area contributed by atoms with E-state index >= 15 is 0 Å². The Balaban J connectivity index is 1.54. The fourth-order valence-electron chi connectivity index (χ4n) is 2.43. The second-order valence-corrected chi connectivity index (χ2v) is 6.53. The van der Waals surface area contributed by atoms with Gasteiger partial charge in [-0.05, 0) is 24.3 Å². The van der Waals surface area contributed by atoms with Crippen molar-refractivity contribution >= 4 is 28.3 Å². The summed E-state index contributed by atoms with van der Waals surface area (Å²) in [5.74, 6) is 0.715. The van der Waals surface area contributed by atoms with E-state index in [1.807, 2.05) is 17.5 Å². The van der Waals surface area contributed by atoms with E-state index in [9.17, 15) is 9.59 Å². The summed E-state index contributed by atoms with van der Waals surface area (Å²) >= 11 is 1.32. The van der Waals surface area contributed by atoms with Crippen LogP contribution in [0.2, 0.25) is 0 Å². The molecule has 0 atom stereocenters. The molecule has 0 aliphatic carbocycles. The molecule has 0 fully saturated rings. The lowest BCUT2D eigenvalue weighted by Crippen LogP contribution is -2.27. The number of amides is 2. The van der Waals surface area contributed by atoms with Gasteiger partial charge in [0.1, 0.15) is 6.26 Å². The minimum Gasteiger partial charge on any atom is -0.493 e. The third-order valence-electron chi connectivity index (χ3n) is 3.85. The first-order valence-corrected chi connectivity index (χ1v) is 9.27. The third-order valence-corrected chi connectivity index (χ3v) is 4.61. The van der Waals surface area contributed by atoms with E-state index in [4.69, 9.17) is 13.9 Å². The zero-order chi connectivity index (χ0) is 19.9. The molecule has 2 aromatic heterocycles.